The van der Waals surface area contributed by atoms with E-state index in [4.69, 9.17) is 5.73 Å². The monoisotopic (exact) mass is 432 g/mol. The van der Waals surface area contributed by atoms with Gasteiger partial charge in [-0.3, -0.25) is 14.9 Å². The van der Waals surface area contributed by atoms with E-state index in [1.165, 1.54) is 16.4 Å². The third-order valence-electron chi connectivity index (χ3n) is 5.14. The van der Waals surface area contributed by atoms with Gasteiger partial charge >= 0.3 is 0 Å². The van der Waals surface area contributed by atoms with Crippen molar-refractivity contribution in [2.75, 3.05) is 31.1 Å². The van der Waals surface area contributed by atoms with Crippen LogP contribution < -0.4 is 10.6 Å². The topological polar surface area (TPSA) is 127 Å². The average Bonchev–Trinajstić information content (AvgIpc) is 2.74. The Balaban J connectivity index is 1.76. The van der Waals surface area contributed by atoms with Crippen LogP contribution in [-0.4, -0.2) is 49.7 Å². The molecular weight excluding hydrogens is 408 g/mol. The number of hydrogen-bond donors (Lipinski definition) is 1. The first-order valence-corrected chi connectivity index (χ1v) is 11.1. The van der Waals surface area contributed by atoms with Gasteiger partial charge in [0.05, 0.1) is 9.82 Å². The van der Waals surface area contributed by atoms with E-state index in [1.54, 1.807) is 17.0 Å². The van der Waals surface area contributed by atoms with Gasteiger partial charge in [0.15, 0.2) is 0 Å². The number of nitro groups is 1. The van der Waals surface area contributed by atoms with Gasteiger partial charge in [-0.05, 0) is 36.2 Å². The van der Waals surface area contributed by atoms with Crippen LogP contribution >= 0.6 is 0 Å². The summed E-state index contributed by atoms with van der Waals surface area (Å²) in [7, 11) is -3.63. The summed E-state index contributed by atoms with van der Waals surface area (Å²) in [5.41, 5.74) is 6.47. The molecule has 0 atom stereocenters. The molecule has 0 bridgehead atoms. The van der Waals surface area contributed by atoms with Crippen LogP contribution in [0, 0.1) is 10.1 Å². The Kier molecular flexibility index (Phi) is 6.37. The highest BCUT2D eigenvalue weighted by Crippen LogP contribution is 2.31. The number of nitro benzene ring substituents is 1. The van der Waals surface area contributed by atoms with E-state index in [-0.39, 0.29) is 29.2 Å². The van der Waals surface area contributed by atoms with Crippen LogP contribution in [0.1, 0.15) is 29.3 Å². The van der Waals surface area contributed by atoms with Crippen LogP contribution in [0.4, 0.5) is 11.4 Å². The number of primary amides is 1. The number of carbonyl (C=O) groups excluding carboxylic acids is 1. The van der Waals surface area contributed by atoms with Gasteiger partial charge in [-0.25, -0.2) is 8.42 Å². The fourth-order valence-corrected chi connectivity index (χ4v) is 4.95. The number of nitrogens with zero attached hydrogens (tertiary/aromatic N) is 3. The minimum absolute atomic E-state index is 0.0539. The van der Waals surface area contributed by atoms with Gasteiger partial charge in [-0.15, -0.1) is 0 Å². The quantitative estimate of drug-likeness (QED) is 0.528. The molecule has 2 N–H and O–H groups in total. The summed E-state index contributed by atoms with van der Waals surface area (Å²) in [5.74, 6) is -0.745. The van der Waals surface area contributed by atoms with E-state index in [2.05, 4.69) is 6.92 Å². The van der Waals surface area contributed by atoms with Crippen molar-refractivity contribution in [3.8, 4) is 0 Å². The molecule has 1 aliphatic rings. The Bertz CT molecular complexity index is 1050. The second kappa shape index (κ2) is 8.80. The van der Waals surface area contributed by atoms with E-state index in [0.717, 1.165) is 24.5 Å². The molecule has 1 amide bonds. The summed E-state index contributed by atoms with van der Waals surface area (Å²) in [6, 6.07) is 11.0. The normalized spacial score (nSPS) is 15.2. The Morgan fingerprint density at radius 1 is 1.10 bits per heavy atom. The largest absolute Gasteiger partial charge is 0.366 e. The summed E-state index contributed by atoms with van der Waals surface area (Å²) in [6.07, 6.45) is 1.88. The van der Waals surface area contributed by atoms with Crippen molar-refractivity contribution >= 4 is 27.3 Å². The average molecular weight is 433 g/mol. The number of piperazine rings is 1. The summed E-state index contributed by atoms with van der Waals surface area (Å²) in [5, 5.41) is 11.4. The highest BCUT2D eigenvalue weighted by molar-refractivity contribution is 7.89. The number of aryl methyl sites for hydroxylation is 1. The predicted octanol–water partition coefficient (Wildman–Crippen LogP) is 2.16. The SMILES string of the molecule is CCCc1ccc(S(=O)(=O)N2CCN(c3ccc(C(N)=O)cc3[N+](=O)[O-])CC2)cc1. The molecular formula is C20H24N4O5S. The molecule has 0 aromatic heterocycles. The summed E-state index contributed by atoms with van der Waals surface area (Å²) in [4.78, 5) is 24.2. The lowest BCUT2D eigenvalue weighted by Crippen LogP contribution is -2.48. The molecule has 1 saturated heterocycles. The maximum absolute atomic E-state index is 12.9. The van der Waals surface area contributed by atoms with Crippen molar-refractivity contribution in [3.63, 3.8) is 0 Å². The van der Waals surface area contributed by atoms with Gasteiger partial charge in [0.25, 0.3) is 5.69 Å². The van der Waals surface area contributed by atoms with Gasteiger partial charge in [0.1, 0.15) is 5.69 Å². The summed E-state index contributed by atoms with van der Waals surface area (Å²) < 4.78 is 27.3. The molecule has 10 heteroatoms. The van der Waals surface area contributed by atoms with Crippen molar-refractivity contribution in [2.24, 2.45) is 5.73 Å². The van der Waals surface area contributed by atoms with Crippen molar-refractivity contribution in [1.29, 1.82) is 0 Å². The first kappa shape index (κ1) is 21.7. The molecule has 30 heavy (non-hydrogen) atoms. The first-order chi connectivity index (χ1) is 14.2. The molecule has 0 aliphatic carbocycles. The fourth-order valence-electron chi connectivity index (χ4n) is 3.53. The van der Waals surface area contributed by atoms with Crippen LogP contribution in [0.3, 0.4) is 0 Å². The molecule has 1 heterocycles. The molecule has 3 rings (SSSR count). The zero-order valence-corrected chi connectivity index (χ0v) is 17.5. The Morgan fingerprint density at radius 2 is 1.73 bits per heavy atom. The second-order valence-corrected chi connectivity index (χ2v) is 9.05. The van der Waals surface area contributed by atoms with E-state index < -0.39 is 20.9 Å². The van der Waals surface area contributed by atoms with Crippen LogP contribution in [0.5, 0.6) is 0 Å². The number of anilines is 1. The zero-order chi connectivity index (χ0) is 21.9. The fraction of sp³-hybridized carbons (Fsp3) is 0.350. The summed E-state index contributed by atoms with van der Waals surface area (Å²) in [6.45, 7) is 3.06. The molecule has 2 aromatic carbocycles. The molecule has 0 radical (unpaired) electrons. The lowest BCUT2D eigenvalue weighted by Gasteiger charge is -2.35. The Labute approximate surface area is 175 Å². The first-order valence-electron chi connectivity index (χ1n) is 9.66. The minimum Gasteiger partial charge on any atom is -0.366 e. The number of rotatable bonds is 7. The lowest BCUT2D eigenvalue weighted by atomic mass is 10.1. The molecule has 0 spiro atoms. The number of sulfonamides is 1. The Hall–Kier alpha value is -2.98. The number of benzene rings is 2. The van der Waals surface area contributed by atoms with Gasteiger partial charge in [0.2, 0.25) is 15.9 Å². The summed E-state index contributed by atoms with van der Waals surface area (Å²) >= 11 is 0. The third kappa shape index (κ3) is 4.44. The van der Waals surface area contributed by atoms with Crippen LogP contribution in [0.15, 0.2) is 47.4 Å². The van der Waals surface area contributed by atoms with Crippen molar-refractivity contribution < 1.29 is 18.1 Å². The molecule has 1 fully saturated rings. The molecule has 0 saturated carbocycles. The van der Waals surface area contributed by atoms with Crippen LogP contribution in [0.25, 0.3) is 0 Å². The van der Waals surface area contributed by atoms with E-state index in [1.807, 2.05) is 12.1 Å². The predicted molar refractivity (Wildman–Crippen MR) is 113 cm³/mol. The van der Waals surface area contributed by atoms with Gasteiger partial charge in [-0.1, -0.05) is 25.5 Å². The van der Waals surface area contributed by atoms with Gasteiger partial charge in [-0.2, -0.15) is 4.31 Å². The maximum Gasteiger partial charge on any atom is 0.293 e. The maximum atomic E-state index is 12.9. The third-order valence-corrected chi connectivity index (χ3v) is 7.05. The molecule has 2 aromatic rings. The van der Waals surface area contributed by atoms with E-state index in [0.29, 0.717) is 18.8 Å². The number of carbonyl (C=O) groups is 1. The smallest absolute Gasteiger partial charge is 0.293 e. The Morgan fingerprint density at radius 3 is 2.27 bits per heavy atom. The highest BCUT2D eigenvalue weighted by Gasteiger charge is 2.31. The van der Waals surface area contributed by atoms with Gasteiger partial charge < -0.3 is 10.6 Å². The highest BCUT2D eigenvalue weighted by atomic mass is 32.2. The zero-order valence-electron chi connectivity index (χ0n) is 16.7. The number of amides is 1. The van der Waals surface area contributed by atoms with E-state index in [9.17, 15) is 23.3 Å². The molecule has 1 aliphatic heterocycles. The van der Waals surface area contributed by atoms with E-state index >= 15 is 0 Å². The van der Waals surface area contributed by atoms with Crippen molar-refractivity contribution in [2.45, 2.75) is 24.7 Å². The molecule has 9 nitrogen and oxygen atoms in total. The number of nitrogens with two attached hydrogens (primary N) is 1. The lowest BCUT2D eigenvalue weighted by molar-refractivity contribution is -0.384. The molecule has 160 valence electrons. The number of hydrogen-bond acceptors (Lipinski definition) is 6. The van der Waals surface area contributed by atoms with Crippen molar-refractivity contribution in [3.05, 3.63) is 63.7 Å². The minimum atomic E-state index is -3.63. The second-order valence-electron chi connectivity index (χ2n) is 7.11. The van der Waals surface area contributed by atoms with Crippen LogP contribution in [-0.2, 0) is 16.4 Å². The standard InChI is InChI=1S/C20H24N4O5S/c1-2-3-15-4-7-17(8-5-15)30(28,29)23-12-10-22(11-13-23)18-9-6-16(20(21)25)14-19(18)24(26)27/h4-9,14H,2-3,10-13H2,1H3,(H2,21,25). The molecule has 0 unspecified atom stereocenters. The van der Waals surface area contributed by atoms with Crippen LogP contribution in [0.2, 0.25) is 0 Å². The van der Waals surface area contributed by atoms with Gasteiger partial charge in [0, 0.05) is 37.8 Å². The van der Waals surface area contributed by atoms with Crippen molar-refractivity contribution in [1.82, 2.24) is 4.31 Å².